The summed E-state index contributed by atoms with van der Waals surface area (Å²) in [6.07, 6.45) is 1.79. The van der Waals surface area contributed by atoms with E-state index in [1.807, 2.05) is 6.92 Å². The molecule has 0 amide bonds. The van der Waals surface area contributed by atoms with Crippen LogP contribution in [-0.4, -0.2) is 34.3 Å². The van der Waals surface area contributed by atoms with E-state index in [0.29, 0.717) is 12.4 Å². The van der Waals surface area contributed by atoms with Crippen LogP contribution in [0.2, 0.25) is 0 Å². The lowest BCUT2D eigenvalue weighted by molar-refractivity contribution is 0.0250. The minimum atomic E-state index is -3.65. The van der Waals surface area contributed by atoms with Crippen molar-refractivity contribution in [3.05, 3.63) is 18.2 Å². The van der Waals surface area contributed by atoms with E-state index >= 15 is 0 Å². The summed E-state index contributed by atoms with van der Waals surface area (Å²) in [5.41, 5.74) is 5.49. The summed E-state index contributed by atoms with van der Waals surface area (Å²) in [7, 11) is -2.15. The van der Waals surface area contributed by atoms with Gasteiger partial charge in [0.1, 0.15) is 10.6 Å². The van der Waals surface area contributed by atoms with Crippen molar-refractivity contribution in [1.82, 2.24) is 4.72 Å². The number of ether oxygens (including phenoxy) is 2. The van der Waals surface area contributed by atoms with E-state index in [9.17, 15) is 8.42 Å². The third-order valence-electron chi connectivity index (χ3n) is 3.44. The number of methoxy groups -OCH3 is 1. The average molecular weight is 300 g/mol. The van der Waals surface area contributed by atoms with Gasteiger partial charge in [0.15, 0.2) is 0 Å². The van der Waals surface area contributed by atoms with Gasteiger partial charge in [0.25, 0.3) is 0 Å². The highest BCUT2D eigenvalue weighted by Gasteiger charge is 2.31. The quantitative estimate of drug-likeness (QED) is 0.795. The molecular weight excluding hydrogens is 280 g/mol. The molecule has 7 heteroatoms. The van der Waals surface area contributed by atoms with Crippen LogP contribution in [0.25, 0.3) is 0 Å². The number of benzene rings is 1. The van der Waals surface area contributed by atoms with Gasteiger partial charge in [-0.15, -0.1) is 0 Å². The highest BCUT2D eigenvalue weighted by Crippen LogP contribution is 2.26. The van der Waals surface area contributed by atoms with Gasteiger partial charge in [-0.25, -0.2) is 13.1 Å². The van der Waals surface area contributed by atoms with E-state index in [4.69, 9.17) is 15.2 Å². The molecule has 0 radical (unpaired) electrons. The number of nitrogen functional groups attached to an aromatic ring is 1. The van der Waals surface area contributed by atoms with Crippen molar-refractivity contribution < 1.29 is 17.9 Å². The average Bonchev–Trinajstić information content (AvgIpc) is 2.84. The van der Waals surface area contributed by atoms with E-state index in [-0.39, 0.29) is 17.1 Å². The Bertz CT molecular complexity index is 580. The fourth-order valence-corrected chi connectivity index (χ4v) is 3.47. The molecule has 1 aliphatic heterocycles. The van der Waals surface area contributed by atoms with Crippen molar-refractivity contribution in [3.8, 4) is 5.75 Å². The molecule has 3 N–H and O–H groups in total. The molecule has 1 aromatic rings. The highest BCUT2D eigenvalue weighted by molar-refractivity contribution is 7.89. The summed E-state index contributed by atoms with van der Waals surface area (Å²) >= 11 is 0. The number of anilines is 1. The van der Waals surface area contributed by atoms with Crippen LogP contribution >= 0.6 is 0 Å². The Morgan fingerprint density at radius 1 is 1.50 bits per heavy atom. The van der Waals surface area contributed by atoms with E-state index in [1.54, 1.807) is 6.07 Å². The second-order valence-corrected chi connectivity index (χ2v) is 6.87. The number of rotatable bonds is 5. The lowest BCUT2D eigenvalue weighted by Gasteiger charge is -2.23. The van der Waals surface area contributed by atoms with Crippen LogP contribution in [0.15, 0.2) is 23.1 Å². The molecule has 1 atom stereocenters. The normalized spacial score (nSPS) is 22.9. The van der Waals surface area contributed by atoms with Gasteiger partial charge < -0.3 is 15.2 Å². The van der Waals surface area contributed by atoms with Gasteiger partial charge >= 0.3 is 0 Å². The van der Waals surface area contributed by atoms with Crippen LogP contribution in [0.5, 0.6) is 5.75 Å². The first kappa shape index (κ1) is 15.1. The molecule has 20 heavy (non-hydrogen) atoms. The second kappa shape index (κ2) is 5.59. The third-order valence-corrected chi connectivity index (χ3v) is 4.92. The van der Waals surface area contributed by atoms with Crippen molar-refractivity contribution in [2.45, 2.75) is 30.3 Å². The van der Waals surface area contributed by atoms with Crippen molar-refractivity contribution in [2.24, 2.45) is 0 Å². The molecule has 112 valence electrons. The van der Waals surface area contributed by atoms with Crippen molar-refractivity contribution in [1.29, 1.82) is 0 Å². The summed E-state index contributed by atoms with van der Waals surface area (Å²) < 4.78 is 37.7. The maximum Gasteiger partial charge on any atom is 0.242 e. The SMILES string of the molecule is COc1ccc(S(=O)(=O)NCC2(C)CCCO2)c(N)c1. The molecule has 0 aliphatic carbocycles. The Labute approximate surface area is 119 Å². The molecule has 1 saturated heterocycles. The summed E-state index contributed by atoms with van der Waals surface area (Å²) in [6.45, 7) is 2.81. The van der Waals surface area contributed by atoms with Crippen LogP contribution in [0.3, 0.4) is 0 Å². The van der Waals surface area contributed by atoms with E-state index in [1.165, 1.54) is 19.2 Å². The lowest BCUT2D eigenvalue weighted by atomic mass is 10.0. The van der Waals surface area contributed by atoms with Crippen molar-refractivity contribution >= 4 is 15.7 Å². The second-order valence-electron chi connectivity index (χ2n) is 5.13. The number of hydrogen-bond acceptors (Lipinski definition) is 5. The molecular formula is C13H20N2O4S. The molecule has 1 unspecified atom stereocenters. The lowest BCUT2D eigenvalue weighted by Crippen LogP contribution is -2.40. The summed E-state index contributed by atoms with van der Waals surface area (Å²) in [5, 5.41) is 0. The molecule has 0 saturated carbocycles. The first-order chi connectivity index (χ1) is 9.36. The van der Waals surface area contributed by atoms with E-state index in [2.05, 4.69) is 4.72 Å². The Kier molecular flexibility index (Phi) is 4.22. The number of nitrogens with two attached hydrogens (primary N) is 1. The summed E-state index contributed by atoms with van der Waals surface area (Å²) in [5.74, 6) is 0.521. The standard InChI is InChI=1S/C13H20N2O4S/c1-13(6-3-7-19-13)9-15-20(16,17)12-5-4-10(18-2)8-11(12)14/h4-5,8,15H,3,6-7,9,14H2,1-2H3. The first-order valence-electron chi connectivity index (χ1n) is 6.43. The Morgan fingerprint density at radius 3 is 2.80 bits per heavy atom. The van der Waals surface area contributed by atoms with Gasteiger partial charge in [-0.1, -0.05) is 0 Å². The molecule has 0 spiro atoms. The molecule has 6 nitrogen and oxygen atoms in total. The van der Waals surface area contributed by atoms with Crippen molar-refractivity contribution in [3.63, 3.8) is 0 Å². The maximum absolute atomic E-state index is 12.3. The molecule has 0 aromatic heterocycles. The van der Waals surface area contributed by atoms with Crippen LogP contribution in [0.4, 0.5) is 5.69 Å². The molecule has 1 aliphatic rings. The molecule has 1 heterocycles. The third kappa shape index (κ3) is 3.23. The fraction of sp³-hybridized carbons (Fsp3) is 0.538. The van der Waals surface area contributed by atoms with Gasteiger partial charge in [0.2, 0.25) is 10.0 Å². The predicted molar refractivity (Wildman–Crippen MR) is 76.2 cm³/mol. The van der Waals surface area contributed by atoms with Crippen LogP contribution in [0.1, 0.15) is 19.8 Å². The van der Waals surface area contributed by atoms with Gasteiger partial charge in [0.05, 0.1) is 18.4 Å². The predicted octanol–water partition coefficient (Wildman–Crippen LogP) is 1.12. The van der Waals surface area contributed by atoms with Gasteiger partial charge in [0, 0.05) is 19.2 Å². The number of sulfonamides is 1. The number of hydrogen-bond donors (Lipinski definition) is 2. The first-order valence-corrected chi connectivity index (χ1v) is 7.92. The largest absolute Gasteiger partial charge is 0.497 e. The zero-order chi connectivity index (χ0) is 14.8. The molecule has 2 rings (SSSR count). The maximum atomic E-state index is 12.3. The monoisotopic (exact) mass is 300 g/mol. The minimum Gasteiger partial charge on any atom is -0.497 e. The fourth-order valence-electron chi connectivity index (χ4n) is 2.20. The Morgan fingerprint density at radius 2 is 2.25 bits per heavy atom. The summed E-state index contributed by atoms with van der Waals surface area (Å²) in [6, 6.07) is 4.50. The van der Waals surface area contributed by atoms with E-state index in [0.717, 1.165) is 12.8 Å². The smallest absolute Gasteiger partial charge is 0.242 e. The van der Waals surface area contributed by atoms with Crippen LogP contribution in [0, 0.1) is 0 Å². The molecule has 0 bridgehead atoms. The molecule has 1 fully saturated rings. The van der Waals surface area contributed by atoms with Crippen molar-refractivity contribution in [2.75, 3.05) is 26.0 Å². The number of nitrogens with one attached hydrogen (secondary N) is 1. The van der Waals surface area contributed by atoms with Gasteiger partial charge in [-0.3, -0.25) is 0 Å². The molecule has 1 aromatic carbocycles. The highest BCUT2D eigenvalue weighted by atomic mass is 32.2. The zero-order valence-electron chi connectivity index (χ0n) is 11.7. The minimum absolute atomic E-state index is 0.0555. The zero-order valence-corrected chi connectivity index (χ0v) is 12.5. The Balaban J connectivity index is 2.14. The van der Waals surface area contributed by atoms with Gasteiger partial charge in [-0.2, -0.15) is 0 Å². The topological polar surface area (TPSA) is 90.7 Å². The van der Waals surface area contributed by atoms with Crippen LogP contribution in [-0.2, 0) is 14.8 Å². The Hall–Kier alpha value is -1.31. The summed E-state index contributed by atoms with van der Waals surface area (Å²) in [4.78, 5) is 0.0555. The van der Waals surface area contributed by atoms with Crippen LogP contribution < -0.4 is 15.2 Å². The van der Waals surface area contributed by atoms with E-state index < -0.39 is 15.6 Å². The van der Waals surface area contributed by atoms with Gasteiger partial charge in [-0.05, 0) is 31.9 Å².